The molecule has 4 aromatic carbocycles. The van der Waals surface area contributed by atoms with E-state index in [1.807, 2.05) is 12.1 Å². The molecule has 0 radical (unpaired) electrons. The zero-order valence-electron chi connectivity index (χ0n) is 25.1. The minimum absolute atomic E-state index is 0.159. The van der Waals surface area contributed by atoms with Crippen molar-refractivity contribution in [3.05, 3.63) is 72.3 Å². The van der Waals surface area contributed by atoms with Crippen molar-refractivity contribution >= 4 is 29.9 Å². The number of hydrogen-bond acceptors (Lipinski definition) is 5. The number of unbranched alkanes of at least 4 members (excludes halogenated alkanes) is 1. The van der Waals surface area contributed by atoms with Gasteiger partial charge in [-0.25, -0.2) is 0 Å². The summed E-state index contributed by atoms with van der Waals surface area (Å²) in [6, 6.07) is 23.4. The number of aryl methyl sites for hydroxylation is 1. The highest BCUT2D eigenvalue weighted by Crippen LogP contribution is 2.45. The smallest absolute Gasteiger partial charge is 0.191 e. The van der Waals surface area contributed by atoms with Gasteiger partial charge in [-0.2, -0.15) is 0 Å². The average Bonchev–Trinajstić information content (AvgIpc) is 2.93. The molecule has 4 rings (SSSR count). The van der Waals surface area contributed by atoms with Gasteiger partial charge in [0.15, 0.2) is 21.9 Å². The van der Waals surface area contributed by atoms with Crippen molar-refractivity contribution in [3.63, 3.8) is 0 Å². The molecular formula is C34H44O5Si. The maximum Gasteiger partial charge on any atom is 0.191 e. The van der Waals surface area contributed by atoms with Crippen molar-refractivity contribution < 1.29 is 23.4 Å². The third kappa shape index (κ3) is 6.86. The van der Waals surface area contributed by atoms with E-state index >= 15 is 0 Å². The Morgan fingerprint density at radius 1 is 0.675 bits per heavy atom. The van der Waals surface area contributed by atoms with E-state index < -0.39 is 8.32 Å². The number of benzene rings is 4. The van der Waals surface area contributed by atoms with Crippen molar-refractivity contribution in [2.24, 2.45) is 0 Å². The van der Waals surface area contributed by atoms with Crippen molar-refractivity contribution in [1.82, 2.24) is 0 Å². The van der Waals surface area contributed by atoms with Gasteiger partial charge in [-0.3, -0.25) is 0 Å². The third-order valence-electron chi connectivity index (χ3n) is 7.98. The third-order valence-corrected chi connectivity index (χ3v) is 12.5. The first-order valence-corrected chi connectivity index (χ1v) is 17.0. The van der Waals surface area contributed by atoms with Crippen molar-refractivity contribution in [2.75, 3.05) is 34.4 Å². The lowest BCUT2D eigenvalue weighted by Crippen LogP contribution is -2.40. The molecular weight excluding hydrogens is 516 g/mol. The van der Waals surface area contributed by atoms with Gasteiger partial charge in [-0.1, -0.05) is 75.4 Å². The molecule has 6 heteroatoms. The van der Waals surface area contributed by atoms with Gasteiger partial charge < -0.3 is 23.4 Å². The minimum Gasteiger partial charge on any atom is -0.467 e. The molecule has 0 fully saturated rings. The van der Waals surface area contributed by atoms with Crippen LogP contribution in [-0.4, -0.2) is 42.7 Å². The lowest BCUT2D eigenvalue weighted by molar-refractivity contribution is 0.0502. The van der Waals surface area contributed by atoms with E-state index in [-0.39, 0.29) is 18.6 Å². The monoisotopic (exact) mass is 560 g/mol. The summed E-state index contributed by atoms with van der Waals surface area (Å²) in [5.74, 6) is 1.50. The molecule has 0 aliphatic carbocycles. The average molecular weight is 561 g/mol. The summed E-state index contributed by atoms with van der Waals surface area (Å²) in [5, 5.41) is 4.75. The molecule has 0 atom stereocenters. The largest absolute Gasteiger partial charge is 0.467 e. The fraction of sp³-hybridized carbons (Fsp3) is 0.412. The summed E-state index contributed by atoms with van der Waals surface area (Å²) in [6.45, 7) is 12.7. The molecule has 0 aliphatic rings. The zero-order chi connectivity index (χ0) is 28.8. The van der Waals surface area contributed by atoms with Crippen molar-refractivity contribution in [3.8, 4) is 22.6 Å². The van der Waals surface area contributed by atoms with Gasteiger partial charge in [0.25, 0.3) is 0 Å². The highest BCUT2D eigenvalue weighted by molar-refractivity contribution is 6.74. The number of fused-ring (bicyclic) bond motifs is 2. The molecule has 0 aliphatic heterocycles. The normalized spacial score (nSPS) is 12.3. The summed E-state index contributed by atoms with van der Waals surface area (Å²) in [7, 11) is 1.57. The summed E-state index contributed by atoms with van der Waals surface area (Å²) >= 11 is 0. The van der Waals surface area contributed by atoms with Gasteiger partial charge in [0, 0.05) is 32.0 Å². The summed E-state index contributed by atoms with van der Waals surface area (Å²) in [4.78, 5) is 0. The lowest BCUT2D eigenvalue weighted by atomic mass is 9.91. The Morgan fingerprint density at radius 3 is 1.90 bits per heavy atom. The SMILES string of the molecule is COCOc1ccc2ccccc2c1-c1c(OCOC)ccc2cc(CCCCO[Si](C)(C)C(C)(C)C)ccc12. The Kier molecular flexibility index (Phi) is 9.90. The second-order valence-electron chi connectivity index (χ2n) is 11.8. The van der Waals surface area contributed by atoms with Gasteiger partial charge in [-0.05, 0) is 76.6 Å². The molecule has 0 unspecified atom stereocenters. The van der Waals surface area contributed by atoms with Crippen LogP contribution in [0.1, 0.15) is 39.2 Å². The van der Waals surface area contributed by atoms with E-state index in [0.717, 1.165) is 64.7 Å². The van der Waals surface area contributed by atoms with Crippen LogP contribution in [0.25, 0.3) is 32.7 Å². The molecule has 5 nitrogen and oxygen atoms in total. The fourth-order valence-electron chi connectivity index (χ4n) is 4.74. The second kappa shape index (κ2) is 13.2. The first kappa shape index (κ1) is 30.1. The molecule has 0 spiro atoms. The summed E-state index contributed by atoms with van der Waals surface area (Å²) in [5.41, 5.74) is 3.30. The fourth-order valence-corrected chi connectivity index (χ4v) is 5.83. The Hall–Kier alpha value is -2.90. The van der Waals surface area contributed by atoms with E-state index in [1.54, 1.807) is 14.2 Å². The maximum absolute atomic E-state index is 6.38. The predicted molar refractivity (Wildman–Crippen MR) is 168 cm³/mol. The Labute approximate surface area is 240 Å². The van der Waals surface area contributed by atoms with Gasteiger partial charge in [0.1, 0.15) is 11.5 Å². The highest BCUT2D eigenvalue weighted by Gasteiger charge is 2.36. The number of methoxy groups -OCH3 is 2. The predicted octanol–water partition coefficient (Wildman–Crippen LogP) is 8.97. The van der Waals surface area contributed by atoms with E-state index in [2.05, 4.69) is 88.5 Å². The van der Waals surface area contributed by atoms with E-state index in [9.17, 15) is 0 Å². The maximum atomic E-state index is 6.38. The van der Waals surface area contributed by atoms with Crippen LogP contribution < -0.4 is 9.47 Å². The van der Waals surface area contributed by atoms with Crippen LogP contribution in [-0.2, 0) is 20.3 Å². The molecule has 0 aromatic heterocycles. The van der Waals surface area contributed by atoms with Crippen molar-refractivity contribution in [2.45, 2.75) is 58.2 Å². The molecule has 4 aromatic rings. The quantitative estimate of drug-likeness (QED) is 0.0928. The molecule has 0 saturated heterocycles. The molecule has 214 valence electrons. The summed E-state index contributed by atoms with van der Waals surface area (Å²) in [6.07, 6.45) is 3.18. The van der Waals surface area contributed by atoms with Crippen LogP contribution in [0.15, 0.2) is 66.7 Å². The Morgan fingerprint density at radius 2 is 1.27 bits per heavy atom. The van der Waals surface area contributed by atoms with Gasteiger partial charge in [0.05, 0.1) is 0 Å². The summed E-state index contributed by atoms with van der Waals surface area (Å²) < 4.78 is 29.1. The molecule has 0 saturated carbocycles. The van der Waals surface area contributed by atoms with Gasteiger partial charge >= 0.3 is 0 Å². The molecule has 40 heavy (non-hydrogen) atoms. The van der Waals surface area contributed by atoms with E-state index in [4.69, 9.17) is 23.4 Å². The van der Waals surface area contributed by atoms with Crippen LogP contribution >= 0.6 is 0 Å². The topological polar surface area (TPSA) is 46.2 Å². The molecule has 0 heterocycles. The number of hydrogen-bond donors (Lipinski definition) is 0. The van der Waals surface area contributed by atoms with Gasteiger partial charge in [0.2, 0.25) is 0 Å². The number of ether oxygens (including phenoxy) is 4. The van der Waals surface area contributed by atoms with Crippen LogP contribution in [0.5, 0.6) is 11.5 Å². The van der Waals surface area contributed by atoms with Crippen LogP contribution in [0, 0.1) is 0 Å². The zero-order valence-corrected chi connectivity index (χ0v) is 26.1. The first-order chi connectivity index (χ1) is 19.2. The highest BCUT2D eigenvalue weighted by atomic mass is 28.4. The molecule has 0 N–H and O–H groups in total. The first-order valence-electron chi connectivity index (χ1n) is 14.1. The lowest BCUT2D eigenvalue weighted by Gasteiger charge is -2.36. The Bertz CT molecular complexity index is 1420. The second-order valence-corrected chi connectivity index (χ2v) is 16.6. The minimum atomic E-state index is -1.70. The van der Waals surface area contributed by atoms with E-state index in [1.165, 1.54) is 10.9 Å². The van der Waals surface area contributed by atoms with E-state index in [0.29, 0.717) is 0 Å². The standard InChI is InChI=1S/C34H44O5Si/c1-34(2,3)40(6,7)39-21-11-10-12-25-15-18-29-27(22-25)17-20-31(38-24-36-5)33(29)32-28-14-9-8-13-26(28)16-19-30(32)37-23-35-4/h8-9,13-20,22H,10-12,21,23-24H2,1-7H3. The van der Waals surface area contributed by atoms with Gasteiger partial charge in [-0.15, -0.1) is 0 Å². The molecule has 0 amide bonds. The van der Waals surface area contributed by atoms with Crippen LogP contribution in [0.3, 0.4) is 0 Å². The van der Waals surface area contributed by atoms with Crippen molar-refractivity contribution in [1.29, 1.82) is 0 Å². The Balaban J connectivity index is 1.67. The molecule has 0 bridgehead atoms. The van der Waals surface area contributed by atoms with Crippen LogP contribution in [0.4, 0.5) is 0 Å². The van der Waals surface area contributed by atoms with Crippen LogP contribution in [0.2, 0.25) is 18.1 Å². The number of rotatable bonds is 13.